The van der Waals surface area contributed by atoms with Crippen LogP contribution in [0.25, 0.3) is 0 Å². The summed E-state index contributed by atoms with van der Waals surface area (Å²) in [4.78, 5) is 29.6. The van der Waals surface area contributed by atoms with Gasteiger partial charge < -0.3 is 15.0 Å². The van der Waals surface area contributed by atoms with Gasteiger partial charge in [0, 0.05) is 23.5 Å². The molecule has 0 radical (unpaired) electrons. The second-order valence-corrected chi connectivity index (χ2v) is 9.64. The van der Waals surface area contributed by atoms with Gasteiger partial charge in [0.05, 0.1) is 19.3 Å². The Labute approximate surface area is 201 Å². The number of nitrogens with one attached hydrogen (secondary N) is 1. The fourth-order valence-electron chi connectivity index (χ4n) is 4.60. The second-order valence-electron chi connectivity index (χ2n) is 8.35. The number of aryl methyl sites for hydroxylation is 1. The summed E-state index contributed by atoms with van der Waals surface area (Å²) in [5.41, 5.74) is 3.87. The molecule has 8 heteroatoms. The molecule has 1 spiro atoms. The second kappa shape index (κ2) is 8.68. The maximum atomic E-state index is 14.1. The molecule has 1 fully saturated rings. The van der Waals surface area contributed by atoms with Gasteiger partial charge in [-0.05, 0) is 48.9 Å². The lowest BCUT2D eigenvalue weighted by Crippen LogP contribution is -2.51. The first kappa shape index (κ1) is 22.3. The van der Waals surface area contributed by atoms with Crippen molar-refractivity contribution in [1.29, 1.82) is 0 Å². The van der Waals surface area contributed by atoms with Crippen molar-refractivity contribution in [1.82, 2.24) is 4.90 Å². The molecule has 5 rings (SSSR count). The lowest BCUT2D eigenvalue weighted by molar-refractivity contribution is -0.123. The van der Waals surface area contributed by atoms with Gasteiger partial charge in [-0.15, -0.1) is 11.8 Å². The fourth-order valence-corrected chi connectivity index (χ4v) is 6.05. The van der Waals surface area contributed by atoms with Gasteiger partial charge in [-0.2, -0.15) is 0 Å². The van der Waals surface area contributed by atoms with E-state index >= 15 is 0 Å². The van der Waals surface area contributed by atoms with Crippen molar-refractivity contribution in [2.45, 2.75) is 18.3 Å². The van der Waals surface area contributed by atoms with Crippen LogP contribution in [0.15, 0.2) is 66.7 Å². The van der Waals surface area contributed by atoms with E-state index in [1.807, 2.05) is 49.4 Å². The average Bonchev–Trinajstić information content (AvgIpc) is 3.36. The number of halogens is 1. The smallest absolute Gasteiger partial charge is 0.323 e. The zero-order valence-electron chi connectivity index (χ0n) is 18.9. The molecule has 2 aliphatic rings. The zero-order valence-corrected chi connectivity index (χ0v) is 19.7. The monoisotopic (exact) mass is 477 g/mol. The molecule has 0 aromatic heterocycles. The summed E-state index contributed by atoms with van der Waals surface area (Å²) in [7, 11) is 1.61. The van der Waals surface area contributed by atoms with Gasteiger partial charge in [-0.1, -0.05) is 35.9 Å². The third-order valence-electron chi connectivity index (χ3n) is 6.14. The Morgan fingerprint density at radius 2 is 1.97 bits per heavy atom. The molecule has 1 saturated heterocycles. The highest BCUT2D eigenvalue weighted by Gasteiger charge is 2.59. The maximum Gasteiger partial charge on any atom is 0.323 e. The number of fused-ring (bicyclic) bond motifs is 2. The summed E-state index contributed by atoms with van der Waals surface area (Å²) < 4.78 is 19.0. The summed E-state index contributed by atoms with van der Waals surface area (Å²) in [6.07, 6.45) is 0. The summed E-state index contributed by atoms with van der Waals surface area (Å²) in [5, 5.41) is 2.77. The number of thioether (sulfide) groups is 1. The van der Waals surface area contributed by atoms with Gasteiger partial charge in [0.1, 0.15) is 11.6 Å². The highest BCUT2D eigenvalue weighted by Crippen LogP contribution is 2.54. The lowest BCUT2D eigenvalue weighted by Gasteiger charge is -2.33. The van der Waals surface area contributed by atoms with Crippen LogP contribution in [0.5, 0.6) is 5.75 Å². The number of urea groups is 1. The van der Waals surface area contributed by atoms with E-state index in [0.717, 1.165) is 22.4 Å². The van der Waals surface area contributed by atoms with Crippen molar-refractivity contribution < 1.29 is 18.7 Å². The van der Waals surface area contributed by atoms with Gasteiger partial charge in [-0.25, -0.2) is 9.18 Å². The minimum atomic E-state index is -1.17. The van der Waals surface area contributed by atoms with Crippen LogP contribution in [0, 0.1) is 12.7 Å². The summed E-state index contributed by atoms with van der Waals surface area (Å²) in [5.74, 6) is 0.732. The summed E-state index contributed by atoms with van der Waals surface area (Å²) >= 11 is 1.46. The molecular formula is C26H24FN3O3S. The number of carbonyl (C=O) groups excluding carboxylic acids is 2. The number of hydrogen-bond donors (Lipinski definition) is 1. The highest BCUT2D eigenvalue weighted by molar-refractivity contribution is 8.01. The first-order chi connectivity index (χ1) is 16.4. The van der Waals surface area contributed by atoms with Crippen LogP contribution in [0.4, 0.5) is 20.6 Å². The zero-order chi connectivity index (χ0) is 23.9. The fraction of sp³-hybridized carbons (Fsp3) is 0.231. The molecule has 0 saturated carbocycles. The molecule has 174 valence electrons. The van der Waals surface area contributed by atoms with E-state index in [-0.39, 0.29) is 5.91 Å². The molecule has 34 heavy (non-hydrogen) atoms. The van der Waals surface area contributed by atoms with Crippen molar-refractivity contribution in [2.75, 3.05) is 29.6 Å². The number of rotatable bonds is 4. The van der Waals surface area contributed by atoms with E-state index < -0.39 is 16.7 Å². The molecule has 1 N–H and O–H groups in total. The van der Waals surface area contributed by atoms with Crippen molar-refractivity contribution in [3.8, 4) is 5.75 Å². The summed E-state index contributed by atoms with van der Waals surface area (Å²) in [6.45, 7) is 2.73. The predicted molar refractivity (Wildman–Crippen MR) is 132 cm³/mol. The van der Waals surface area contributed by atoms with Crippen LogP contribution in [-0.2, 0) is 16.2 Å². The van der Waals surface area contributed by atoms with Crippen molar-refractivity contribution in [3.63, 3.8) is 0 Å². The number of ether oxygens (including phenoxy) is 1. The number of nitrogens with zero attached hydrogens (tertiary/aromatic N) is 2. The number of methoxy groups -OCH3 is 1. The molecule has 3 amide bonds. The summed E-state index contributed by atoms with van der Waals surface area (Å²) in [6, 6.07) is 18.8. The van der Waals surface area contributed by atoms with Gasteiger partial charge in [0.15, 0.2) is 4.87 Å². The van der Waals surface area contributed by atoms with Crippen LogP contribution >= 0.6 is 11.8 Å². The number of carbonyl (C=O) groups is 2. The molecular weight excluding hydrogens is 453 g/mol. The molecule has 2 heterocycles. The van der Waals surface area contributed by atoms with Gasteiger partial charge in [-0.3, -0.25) is 9.69 Å². The van der Waals surface area contributed by atoms with E-state index in [1.165, 1.54) is 30.0 Å². The first-order valence-electron chi connectivity index (χ1n) is 11.0. The quantitative estimate of drug-likeness (QED) is 0.566. The van der Waals surface area contributed by atoms with E-state index in [9.17, 15) is 14.0 Å². The van der Waals surface area contributed by atoms with Crippen LogP contribution in [-0.4, -0.2) is 36.2 Å². The van der Waals surface area contributed by atoms with Crippen LogP contribution in [0.1, 0.15) is 16.7 Å². The molecule has 3 aromatic rings. The Morgan fingerprint density at radius 1 is 1.15 bits per heavy atom. The SMILES string of the molecule is COc1cccc(CN2C(=O)C3(SCCN3C(=O)Nc3cccc(F)c3)c3cc(C)ccc32)c1. The highest BCUT2D eigenvalue weighted by atomic mass is 32.2. The van der Waals surface area contributed by atoms with E-state index in [1.54, 1.807) is 23.0 Å². The molecule has 0 bridgehead atoms. The minimum absolute atomic E-state index is 0.159. The third kappa shape index (κ3) is 3.68. The first-order valence-corrected chi connectivity index (χ1v) is 11.9. The Morgan fingerprint density at radius 3 is 2.76 bits per heavy atom. The van der Waals surface area contributed by atoms with Gasteiger partial charge >= 0.3 is 6.03 Å². The van der Waals surface area contributed by atoms with Crippen molar-refractivity contribution in [3.05, 3.63) is 89.2 Å². The normalized spacial score (nSPS) is 19.0. The van der Waals surface area contributed by atoms with E-state index in [0.29, 0.717) is 30.3 Å². The Kier molecular flexibility index (Phi) is 5.69. The van der Waals surface area contributed by atoms with Crippen LogP contribution in [0.2, 0.25) is 0 Å². The standard InChI is InChI=1S/C26H24FN3O3S/c1-17-9-10-23-22(13-17)26(24(31)29(23)16-18-5-3-8-21(14-18)33-2)30(11-12-34-26)25(32)28-20-7-4-6-19(27)15-20/h3-10,13-15H,11-12,16H2,1-2H3,(H,28,32). The Hall–Kier alpha value is -3.52. The van der Waals surface area contributed by atoms with Crippen molar-refractivity contribution >= 4 is 35.1 Å². The van der Waals surface area contributed by atoms with Gasteiger partial charge in [0.25, 0.3) is 5.91 Å². The molecule has 1 atom stereocenters. The number of benzene rings is 3. The largest absolute Gasteiger partial charge is 0.497 e. The van der Waals surface area contributed by atoms with Gasteiger partial charge in [0.2, 0.25) is 0 Å². The minimum Gasteiger partial charge on any atom is -0.497 e. The molecule has 2 aliphatic heterocycles. The third-order valence-corrected chi connectivity index (χ3v) is 7.56. The number of hydrogen-bond acceptors (Lipinski definition) is 4. The lowest BCUT2D eigenvalue weighted by atomic mass is 10.0. The van der Waals surface area contributed by atoms with E-state index in [4.69, 9.17) is 4.74 Å². The molecule has 6 nitrogen and oxygen atoms in total. The molecule has 0 aliphatic carbocycles. The van der Waals surface area contributed by atoms with Crippen LogP contribution in [0.3, 0.4) is 0 Å². The molecule has 1 unspecified atom stereocenters. The average molecular weight is 478 g/mol. The Bertz CT molecular complexity index is 1280. The molecule has 3 aromatic carbocycles. The van der Waals surface area contributed by atoms with Crippen LogP contribution < -0.4 is 15.0 Å². The topological polar surface area (TPSA) is 61.9 Å². The maximum absolute atomic E-state index is 14.1. The number of amides is 3. The van der Waals surface area contributed by atoms with E-state index in [2.05, 4.69) is 5.32 Å². The predicted octanol–water partition coefficient (Wildman–Crippen LogP) is 5.12. The number of anilines is 2. The van der Waals surface area contributed by atoms with Crippen molar-refractivity contribution in [2.24, 2.45) is 0 Å². The Balaban J connectivity index is 1.53.